The molecule has 0 aliphatic rings. The van der Waals surface area contributed by atoms with Crippen LogP contribution in [0.15, 0.2) is 30.3 Å². The van der Waals surface area contributed by atoms with Crippen LogP contribution in [-0.2, 0) is 0 Å². The van der Waals surface area contributed by atoms with Gasteiger partial charge >= 0.3 is 6.03 Å². The van der Waals surface area contributed by atoms with Crippen molar-refractivity contribution in [2.45, 2.75) is 31.6 Å². The highest BCUT2D eigenvalue weighted by molar-refractivity contribution is 8.00. The van der Waals surface area contributed by atoms with Crippen LogP contribution in [0.1, 0.15) is 32.4 Å². The van der Waals surface area contributed by atoms with Crippen LogP contribution >= 0.6 is 11.8 Å². The number of carbonyl (C=O) groups excluding carboxylic acids is 1. The molecule has 1 aromatic rings. The van der Waals surface area contributed by atoms with Crippen molar-refractivity contribution >= 4 is 17.8 Å². The van der Waals surface area contributed by atoms with Crippen molar-refractivity contribution in [3.8, 4) is 0 Å². The molecule has 1 unspecified atom stereocenters. The Morgan fingerprint density at radius 1 is 1.30 bits per heavy atom. The number of rotatable bonds is 6. The molecule has 3 N–H and O–H groups in total. The van der Waals surface area contributed by atoms with Crippen molar-refractivity contribution in [2.24, 2.45) is 0 Å². The lowest BCUT2D eigenvalue weighted by Gasteiger charge is -2.19. The monoisotopic (exact) mass is 296 g/mol. The largest absolute Gasteiger partial charge is 0.394 e. The third-order valence-electron chi connectivity index (χ3n) is 2.61. The zero-order valence-electron chi connectivity index (χ0n) is 12.3. The summed E-state index contributed by atoms with van der Waals surface area (Å²) in [6.45, 7) is 6.94. The number of amides is 2. The Labute approximate surface area is 125 Å². The molecule has 0 saturated heterocycles. The minimum absolute atomic E-state index is 0.117. The van der Waals surface area contributed by atoms with Crippen LogP contribution < -0.4 is 10.6 Å². The summed E-state index contributed by atoms with van der Waals surface area (Å²) in [6, 6.07) is 8.83. The van der Waals surface area contributed by atoms with E-state index >= 15 is 0 Å². The molecule has 4 nitrogen and oxygen atoms in total. The van der Waals surface area contributed by atoms with Gasteiger partial charge in [-0.3, -0.25) is 0 Å². The van der Waals surface area contributed by atoms with Gasteiger partial charge in [0.1, 0.15) is 0 Å². The summed E-state index contributed by atoms with van der Waals surface area (Å²) in [5.41, 5.74) is 0.897. The maximum atomic E-state index is 11.8. The smallest absolute Gasteiger partial charge is 0.315 e. The fourth-order valence-electron chi connectivity index (χ4n) is 1.65. The average molecular weight is 296 g/mol. The summed E-state index contributed by atoms with van der Waals surface area (Å²) in [5.74, 6) is 0.867. The summed E-state index contributed by atoms with van der Waals surface area (Å²) in [6.07, 6.45) is 0. The summed E-state index contributed by atoms with van der Waals surface area (Å²) in [4.78, 5) is 11.8. The van der Waals surface area contributed by atoms with Gasteiger partial charge in [-0.05, 0) is 5.56 Å². The predicted octanol–water partition coefficient (Wildman–Crippen LogP) is 2.55. The number of urea groups is 1. The number of hydrogen-bond donors (Lipinski definition) is 3. The van der Waals surface area contributed by atoms with Crippen molar-refractivity contribution in [3.63, 3.8) is 0 Å². The first-order valence-electron chi connectivity index (χ1n) is 6.76. The first-order valence-corrected chi connectivity index (χ1v) is 7.75. The van der Waals surface area contributed by atoms with E-state index in [1.807, 2.05) is 30.3 Å². The predicted molar refractivity (Wildman–Crippen MR) is 85.0 cm³/mol. The van der Waals surface area contributed by atoms with E-state index in [0.717, 1.165) is 11.3 Å². The van der Waals surface area contributed by atoms with Crippen LogP contribution in [-0.4, -0.2) is 34.8 Å². The van der Waals surface area contributed by atoms with Crippen molar-refractivity contribution in [3.05, 3.63) is 35.9 Å². The zero-order chi connectivity index (χ0) is 15.0. The Bertz CT molecular complexity index is 404. The molecule has 0 bridgehead atoms. The topological polar surface area (TPSA) is 61.4 Å². The molecule has 112 valence electrons. The van der Waals surface area contributed by atoms with Gasteiger partial charge < -0.3 is 15.7 Å². The second-order valence-corrected chi connectivity index (χ2v) is 7.43. The normalized spacial score (nSPS) is 12.8. The van der Waals surface area contributed by atoms with Crippen LogP contribution in [0.2, 0.25) is 0 Å². The number of hydrogen-bond acceptors (Lipinski definition) is 3. The molecule has 0 heterocycles. The van der Waals surface area contributed by atoms with Gasteiger partial charge in [-0.1, -0.05) is 51.1 Å². The number of nitrogens with one attached hydrogen (secondary N) is 2. The highest BCUT2D eigenvalue weighted by Crippen LogP contribution is 2.22. The fourth-order valence-corrected chi connectivity index (χ4v) is 2.47. The van der Waals surface area contributed by atoms with Gasteiger partial charge in [0.05, 0.1) is 12.6 Å². The van der Waals surface area contributed by atoms with Crippen molar-refractivity contribution in [1.29, 1.82) is 0 Å². The van der Waals surface area contributed by atoms with Gasteiger partial charge in [-0.25, -0.2) is 4.79 Å². The van der Waals surface area contributed by atoms with Crippen LogP contribution in [0.4, 0.5) is 4.79 Å². The van der Waals surface area contributed by atoms with Gasteiger partial charge in [0.25, 0.3) is 0 Å². The van der Waals surface area contributed by atoms with Crippen LogP contribution in [0.3, 0.4) is 0 Å². The second kappa shape index (κ2) is 8.17. The van der Waals surface area contributed by atoms with E-state index < -0.39 is 0 Å². The van der Waals surface area contributed by atoms with E-state index in [0.29, 0.717) is 6.54 Å². The van der Waals surface area contributed by atoms with E-state index in [2.05, 4.69) is 31.4 Å². The highest BCUT2D eigenvalue weighted by Gasteiger charge is 2.13. The maximum absolute atomic E-state index is 11.8. The van der Waals surface area contributed by atoms with E-state index in [9.17, 15) is 9.90 Å². The lowest BCUT2D eigenvalue weighted by molar-refractivity contribution is 0.217. The molecule has 0 radical (unpaired) electrons. The summed E-state index contributed by atoms with van der Waals surface area (Å²) >= 11 is 1.80. The van der Waals surface area contributed by atoms with Crippen molar-refractivity contribution in [2.75, 3.05) is 18.9 Å². The van der Waals surface area contributed by atoms with E-state index in [-0.39, 0.29) is 23.4 Å². The van der Waals surface area contributed by atoms with Gasteiger partial charge in [0.15, 0.2) is 0 Å². The van der Waals surface area contributed by atoms with Gasteiger partial charge in [0, 0.05) is 17.0 Å². The van der Waals surface area contributed by atoms with Crippen LogP contribution in [0.5, 0.6) is 0 Å². The molecular formula is C15H24N2O2S. The lowest BCUT2D eigenvalue weighted by Crippen LogP contribution is -2.40. The Balaban J connectivity index is 2.34. The molecule has 0 aliphatic carbocycles. The Morgan fingerprint density at radius 3 is 2.50 bits per heavy atom. The molecule has 0 fully saturated rings. The fraction of sp³-hybridized carbons (Fsp3) is 0.533. The third-order valence-corrected chi connectivity index (χ3v) is 3.89. The number of aliphatic hydroxyl groups excluding tert-OH is 1. The van der Waals surface area contributed by atoms with E-state index in [1.54, 1.807) is 11.8 Å². The molecule has 0 spiro atoms. The zero-order valence-corrected chi connectivity index (χ0v) is 13.2. The number of benzene rings is 1. The summed E-state index contributed by atoms with van der Waals surface area (Å²) in [7, 11) is 0. The van der Waals surface area contributed by atoms with Crippen molar-refractivity contribution in [1.82, 2.24) is 10.6 Å². The molecule has 1 rings (SSSR count). The minimum Gasteiger partial charge on any atom is -0.394 e. The third kappa shape index (κ3) is 6.82. The van der Waals surface area contributed by atoms with Crippen LogP contribution in [0.25, 0.3) is 0 Å². The first-order chi connectivity index (χ1) is 9.42. The SMILES string of the molecule is CC(C)(C)SCCNC(=O)NC(CO)c1ccccc1. The molecule has 0 saturated carbocycles. The molecule has 2 amide bonds. The quantitative estimate of drug-likeness (QED) is 0.707. The molecule has 0 aromatic heterocycles. The average Bonchev–Trinajstić information content (AvgIpc) is 2.41. The van der Waals surface area contributed by atoms with E-state index in [1.165, 1.54) is 0 Å². The molecule has 1 atom stereocenters. The van der Waals surface area contributed by atoms with E-state index in [4.69, 9.17) is 0 Å². The molecule has 5 heteroatoms. The van der Waals surface area contributed by atoms with Gasteiger partial charge in [0.2, 0.25) is 0 Å². The Kier molecular flexibility index (Phi) is 6.88. The first kappa shape index (κ1) is 16.9. The summed E-state index contributed by atoms with van der Waals surface area (Å²) in [5, 5.41) is 14.9. The lowest BCUT2D eigenvalue weighted by atomic mass is 10.1. The summed E-state index contributed by atoms with van der Waals surface area (Å²) < 4.78 is 0.204. The molecule has 1 aromatic carbocycles. The number of aliphatic hydroxyl groups is 1. The number of carbonyl (C=O) groups is 1. The standard InChI is InChI=1S/C15H24N2O2S/c1-15(2,3)20-10-9-16-14(19)17-13(11-18)12-7-5-4-6-8-12/h4-8,13,18H,9-11H2,1-3H3,(H2,16,17,19). The van der Waals surface area contributed by atoms with Crippen molar-refractivity contribution < 1.29 is 9.90 Å². The number of thioether (sulfide) groups is 1. The molecule has 20 heavy (non-hydrogen) atoms. The maximum Gasteiger partial charge on any atom is 0.315 e. The van der Waals surface area contributed by atoms with Gasteiger partial charge in [-0.15, -0.1) is 0 Å². The molecular weight excluding hydrogens is 272 g/mol. The highest BCUT2D eigenvalue weighted by atomic mass is 32.2. The molecule has 0 aliphatic heterocycles. The minimum atomic E-state index is -0.369. The van der Waals surface area contributed by atoms with Crippen LogP contribution in [0, 0.1) is 0 Å². The van der Waals surface area contributed by atoms with Gasteiger partial charge in [-0.2, -0.15) is 11.8 Å². The second-order valence-electron chi connectivity index (χ2n) is 5.51. The Hall–Kier alpha value is -1.20. The Morgan fingerprint density at radius 2 is 1.95 bits per heavy atom.